The van der Waals surface area contributed by atoms with Crippen molar-refractivity contribution in [1.82, 2.24) is 30.0 Å². The molecule has 0 radical (unpaired) electrons. The second-order valence-electron chi connectivity index (χ2n) is 10.5. The molecule has 2 aliphatic heterocycles. The number of fused-ring (bicyclic) bond motifs is 2. The molecular formula is C30H46N6O6S. The van der Waals surface area contributed by atoms with Crippen LogP contribution in [0.3, 0.4) is 0 Å². The quantitative estimate of drug-likeness (QED) is 0.336. The monoisotopic (exact) mass is 618 g/mol. The Balaban J connectivity index is 0.000000384. The Hall–Kier alpha value is -3.29. The van der Waals surface area contributed by atoms with E-state index in [0.717, 1.165) is 0 Å². The van der Waals surface area contributed by atoms with Crippen LogP contribution < -0.4 is 5.32 Å². The molecular weight excluding hydrogens is 572 g/mol. The van der Waals surface area contributed by atoms with Gasteiger partial charge in [0.15, 0.2) is 11.4 Å². The van der Waals surface area contributed by atoms with E-state index in [4.69, 9.17) is 0 Å². The lowest BCUT2D eigenvalue weighted by Crippen LogP contribution is -2.70. The number of nitrogens with zero attached hydrogens (tertiary/aromatic N) is 5. The molecule has 0 unspecified atom stereocenters. The van der Waals surface area contributed by atoms with Gasteiger partial charge >= 0.3 is 11.9 Å². The molecule has 2 fully saturated rings. The molecule has 1 aromatic heterocycles. The average molecular weight is 619 g/mol. The van der Waals surface area contributed by atoms with E-state index in [1.54, 1.807) is 38.1 Å². The fourth-order valence-electron chi connectivity index (χ4n) is 5.00. The number of aromatic carboxylic acids is 1. The Labute approximate surface area is 258 Å². The maximum absolute atomic E-state index is 12.8. The van der Waals surface area contributed by atoms with Crippen molar-refractivity contribution >= 4 is 46.5 Å². The highest BCUT2D eigenvalue weighted by Crippen LogP contribution is 2.50. The van der Waals surface area contributed by atoms with Gasteiger partial charge in [-0.1, -0.05) is 53.7 Å². The van der Waals surface area contributed by atoms with Gasteiger partial charge in [-0.15, -0.1) is 11.8 Å². The summed E-state index contributed by atoms with van der Waals surface area (Å²) in [6.07, 6.45) is 0. The molecule has 1 aromatic carbocycles. The molecule has 0 saturated carbocycles. The van der Waals surface area contributed by atoms with Gasteiger partial charge in [0.05, 0.1) is 11.0 Å². The number of aliphatic carboxylic acids is 1. The molecule has 3 N–H and O–H groups in total. The van der Waals surface area contributed by atoms with Crippen molar-refractivity contribution in [1.29, 1.82) is 0 Å². The second kappa shape index (κ2) is 16.0. The third-order valence-electron chi connectivity index (χ3n) is 7.63. The molecule has 0 aliphatic carbocycles. The van der Waals surface area contributed by atoms with Crippen LogP contribution in [0.4, 0.5) is 0 Å². The number of thioether (sulfide) groups is 1. The van der Waals surface area contributed by atoms with E-state index in [2.05, 4.69) is 66.6 Å². The minimum atomic E-state index is -1.42. The largest absolute Gasteiger partial charge is 0.480 e. The smallest absolute Gasteiger partial charge is 0.357 e. The number of β-lactam (4-membered cyclic amide) rings is 1. The number of carbonyl (C=O) groups is 4. The summed E-state index contributed by atoms with van der Waals surface area (Å²) in [4.78, 5) is 62.5. The van der Waals surface area contributed by atoms with Crippen molar-refractivity contribution in [3.05, 3.63) is 35.7 Å². The van der Waals surface area contributed by atoms with E-state index < -0.39 is 57.3 Å². The summed E-state index contributed by atoms with van der Waals surface area (Å²) in [5.74, 6) is -3.91. The Morgan fingerprint density at radius 2 is 1.30 bits per heavy atom. The van der Waals surface area contributed by atoms with Crippen molar-refractivity contribution in [2.24, 2.45) is 0 Å². The van der Waals surface area contributed by atoms with E-state index >= 15 is 0 Å². The van der Waals surface area contributed by atoms with Gasteiger partial charge in [0.2, 0.25) is 5.91 Å². The van der Waals surface area contributed by atoms with Gasteiger partial charge in [-0.2, -0.15) is 0 Å². The fraction of sp³-hybridized carbons (Fsp3) is 0.600. The average Bonchev–Trinajstić information content (AvgIpc) is 3.25. The highest BCUT2D eigenvalue weighted by Gasteiger charge is 2.64. The summed E-state index contributed by atoms with van der Waals surface area (Å²) >= 11 is 1.27. The van der Waals surface area contributed by atoms with Crippen LogP contribution in [-0.4, -0.2) is 120 Å². The van der Waals surface area contributed by atoms with Crippen molar-refractivity contribution < 1.29 is 29.4 Å². The molecule has 2 aliphatic rings. The lowest BCUT2D eigenvalue weighted by atomic mass is 9.96. The molecule has 3 atom stereocenters. The maximum atomic E-state index is 12.8. The predicted molar refractivity (Wildman–Crippen MR) is 168 cm³/mol. The number of para-hydroxylation sites is 2. The number of hydrogen-bond acceptors (Lipinski definition) is 9. The zero-order valence-corrected chi connectivity index (χ0v) is 27.3. The number of carbonyl (C=O) groups excluding carboxylic acids is 2. The Bertz CT molecular complexity index is 1260. The number of rotatable bonds is 10. The second-order valence-corrected chi connectivity index (χ2v) is 12.3. The lowest BCUT2D eigenvalue weighted by Gasteiger charge is -2.43. The first kappa shape index (κ1) is 35.9. The van der Waals surface area contributed by atoms with Gasteiger partial charge in [0.25, 0.3) is 5.91 Å². The highest BCUT2D eigenvalue weighted by molar-refractivity contribution is 8.01. The first-order valence-electron chi connectivity index (χ1n) is 14.8. The van der Waals surface area contributed by atoms with Crippen LogP contribution in [0.5, 0.6) is 0 Å². The molecule has 43 heavy (non-hydrogen) atoms. The standard InChI is InChI=1S/C18H16N4O6S.2C6H15N/c1-18(2)12(17(27)28)22-14(24)11(15(22)29-18)21-13(23)9-10(16(25)26)20-8-6-4-3-5-7(8)19-9;2*1-4-7(5-2)6-3/h3-6,11-12,15H,1-2H3,(H,21,23)(H,25,26)(H,27,28);2*4-6H2,1-3H3/t11-,12+,15-;;/m1../s1. The highest BCUT2D eigenvalue weighted by atomic mass is 32.2. The van der Waals surface area contributed by atoms with Crippen LogP contribution in [0, 0.1) is 0 Å². The molecule has 238 valence electrons. The van der Waals surface area contributed by atoms with Crippen LogP contribution in [0.1, 0.15) is 76.4 Å². The molecule has 12 nitrogen and oxygen atoms in total. The third kappa shape index (κ3) is 8.42. The number of carboxylic acids is 2. The van der Waals surface area contributed by atoms with Crippen LogP contribution in [0.15, 0.2) is 24.3 Å². The number of nitrogens with one attached hydrogen (secondary N) is 1. The van der Waals surface area contributed by atoms with Crippen molar-refractivity contribution in [3.63, 3.8) is 0 Å². The number of benzene rings is 1. The minimum absolute atomic E-state index is 0.324. The summed E-state index contributed by atoms with van der Waals surface area (Å²) in [5, 5.41) is 20.8. The number of carboxylic acid groups (broad SMARTS) is 2. The van der Waals surface area contributed by atoms with Gasteiger partial charge in [-0.25, -0.2) is 19.6 Å². The van der Waals surface area contributed by atoms with E-state index in [-0.39, 0.29) is 0 Å². The normalized spacial score (nSPS) is 20.0. The summed E-state index contributed by atoms with van der Waals surface area (Å²) in [6.45, 7) is 23.7. The van der Waals surface area contributed by atoms with E-state index in [1.165, 1.54) is 55.9 Å². The van der Waals surface area contributed by atoms with Gasteiger partial charge in [0.1, 0.15) is 17.5 Å². The van der Waals surface area contributed by atoms with Gasteiger partial charge in [-0.3, -0.25) is 9.59 Å². The zero-order valence-electron chi connectivity index (χ0n) is 26.5. The topological polar surface area (TPSA) is 156 Å². The molecule has 2 saturated heterocycles. The molecule has 3 heterocycles. The Morgan fingerprint density at radius 3 is 1.67 bits per heavy atom. The number of hydrogen-bond donors (Lipinski definition) is 3. The van der Waals surface area contributed by atoms with Gasteiger partial charge in [0, 0.05) is 4.75 Å². The molecule has 0 spiro atoms. The van der Waals surface area contributed by atoms with E-state index in [9.17, 15) is 29.4 Å². The van der Waals surface area contributed by atoms with Crippen LogP contribution in [0.2, 0.25) is 0 Å². The fourth-order valence-corrected chi connectivity index (χ4v) is 6.63. The van der Waals surface area contributed by atoms with Crippen LogP contribution in [0.25, 0.3) is 11.0 Å². The summed E-state index contributed by atoms with van der Waals surface area (Å²) in [5.41, 5.74) is -0.261. The van der Waals surface area contributed by atoms with Crippen molar-refractivity contribution in [3.8, 4) is 0 Å². The number of aromatic nitrogens is 2. The Kier molecular flexibility index (Phi) is 13.3. The van der Waals surface area contributed by atoms with Gasteiger partial charge < -0.3 is 30.2 Å². The van der Waals surface area contributed by atoms with Crippen LogP contribution in [-0.2, 0) is 9.59 Å². The zero-order chi connectivity index (χ0) is 32.5. The Morgan fingerprint density at radius 1 is 0.860 bits per heavy atom. The van der Waals surface area contributed by atoms with E-state index in [0.29, 0.717) is 11.0 Å². The SMILES string of the molecule is CC1(C)S[C@@H]2[C@H](NC(=O)c3nc4ccccc4nc3C(=O)O)C(=O)N2[C@H]1C(=O)O.CCN(CC)CC.CCN(CC)CC. The first-order chi connectivity index (χ1) is 20.3. The predicted octanol–water partition coefficient (Wildman–Crippen LogP) is 3.27. The van der Waals surface area contributed by atoms with Crippen molar-refractivity contribution in [2.45, 2.75) is 77.6 Å². The first-order valence-corrected chi connectivity index (χ1v) is 15.7. The molecule has 2 amide bonds. The summed E-state index contributed by atoms with van der Waals surface area (Å²) in [7, 11) is 0. The molecule has 13 heteroatoms. The summed E-state index contributed by atoms with van der Waals surface area (Å²) < 4.78 is -0.735. The van der Waals surface area contributed by atoms with E-state index in [1.807, 2.05) is 0 Å². The molecule has 4 rings (SSSR count). The summed E-state index contributed by atoms with van der Waals surface area (Å²) in [6, 6.07) is 4.54. The van der Waals surface area contributed by atoms with Crippen molar-refractivity contribution in [2.75, 3.05) is 39.3 Å². The minimum Gasteiger partial charge on any atom is -0.480 e. The molecule has 2 aromatic rings. The van der Waals surface area contributed by atoms with Gasteiger partial charge in [-0.05, 0) is 65.2 Å². The third-order valence-corrected chi connectivity index (χ3v) is 9.20. The van der Waals surface area contributed by atoms with Crippen LogP contribution >= 0.6 is 11.8 Å². The lowest BCUT2D eigenvalue weighted by molar-refractivity contribution is -0.159. The number of amides is 2. The molecule has 0 bridgehead atoms. The maximum Gasteiger partial charge on any atom is 0.357 e.